The van der Waals surface area contributed by atoms with Crippen molar-refractivity contribution in [1.29, 1.82) is 0 Å². The van der Waals surface area contributed by atoms with Crippen LogP contribution in [-0.2, 0) is 9.47 Å². The van der Waals surface area contributed by atoms with Gasteiger partial charge in [0.15, 0.2) is 0 Å². The lowest BCUT2D eigenvalue weighted by Gasteiger charge is -2.10. The first kappa shape index (κ1) is 10.9. The van der Waals surface area contributed by atoms with E-state index in [1.54, 1.807) is 6.07 Å². The summed E-state index contributed by atoms with van der Waals surface area (Å²) >= 11 is 0. The Bertz CT molecular complexity index is 496. The molecule has 0 atom stereocenters. The molecule has 0 unspecified atom stereocenters. The Morgan fingerprint density at radius 3 is 2.62 bits per heavy atom. The van der Waals surface area contributed by atoms with E-state index >= 15 is 0 Å². The molecular weight excluding hydrogens is 208 g/mol. The molecule has 84 valence electrons. The third kappa shape index (κ3) is 1.73. The van der Waals surface area contributed by atoms with E-state index in [1.807, 2.05) is 18.2 Å². The van der Waals surface area contributed by atoms with E-state index in [0.29, 0.717) is 11.1 Å². The average Bonchev–Trinajstić information content (AvgIpc) is 2.74. The summed E-state index contributed by atoms with van der Waals surface area (Å²) in [6, 6.07) is 7.34. The number of rotatable bonds is 4. The maximum atomic E-state index is 12.0. The summed E-state index contributed by atoms with van der Waals surface area (Å²) in [5, 5.41) is 0.770. The second-order valence-electron chi connectivity index (χ2n) is 3.31. The molecule has 0 aliphatic carbocycles. The summed E-state index contributed by atoms with van der Waals surface area (Å²) in [5.74, 6) is -0.241. The van der Waals surface area contributed by atoms with Gasteiger partial charge in [0, 0.05) is 19.6 Å². The van der Waals surface area contributed by atoms with Gasteiger partial charge in [0.25, 0.3) is 0 Å². The van der Waals surface area contributed by atoms with E-state index in [4.69, 9.17) is 13.9 Å². The first-order valence-corrected chi connectivity index (χ1v) is 4.84. The number of furan rings is 1. The Labute approximate surface area is 92.8 Å². The quantitative estimate of drug-likeness (QED) is 0.585. The van der Waals surface area contributed by atoms with E-state index in [2.05, 4.69) is 0 Å². The molecule has 0 saturated heterocycles. The van der Waals surface area contributed by atoms with Crippen molar-refractivity contribution in [1.82, 2.24) is 0 Å². The van der Waals surface area contributed by atoms with Gasteiger partial charge in [-0.05, 0) is 6.07 Å². The van der Waals surface area contributed by atoms with Crippen LogP contribution in [0.4, 0.5) is 0 Å². The summed E-state index contributed by atoms with van der Waals surface area (Å²) in [4.78, 5) is 12.0. The van der Waals surface area contributed by atoms with E-state index in [0.717, 1.165) is 5.39 Å². The van der Waals surface area contributed by atoms with Gasteiger partial charge in [-0.2, -0.15) is 0 Å². The summed E-state index contributed by atoms with van der Waals surface area (Å²) in [6.07, 6.45) is 0.541. The van der Waals surface area contributed by atoms with Crippen LogP contribution >= 0.6 is 0 Å². The van der Waals surface area contributed by atoms with Crippen LogP contribution in [-0.4, -0.2) is 26.3 Å². The minimum atomic E-state index is -0.888. The predicted octanol–water partition coefficient (Wildman–Crippen LogP) is 2.23. The zero-order valence-electron chi connectivity index (χ0n) is 9.10. The SMILES string of the molecule is COC(OC)C(=O)c1coc2ccccc12. The number of carbonyl (C=O) groups is 1. The predicted molar refractivity (Wildman–Crippen MR) is 58.4 cm³/mol. The normalized spacial score (nSPS) is 11.2. The van der Waals surface area contributed by atoms with E-state index < -0.39 is 6.29 Å². The first-order chi connectivity index (χ1) is 7.77. The second-order valence-corrected chi connectivity index (χ2v) is 3.31. The molecule has 1 aromatic heterocycles. The Balaban J connectivity index is 2.43. The van der Waals surface area contributed by atoms with Crippen molar-refractivity contribution < 1.29 is 18.7 Å². The van der Waals surface area contributed by atoms with Gasteiger partial charge in [-0.15, -0.1) is 0 Å². The lowest BCUT2D eigenvalue weighted by Crippen LogP contribution is -2.24. The van der Waals surface area contributed by atoms with Gasteiger partial charge in [-0.1, -0.05) is 18.2 Å². The van der Waals surface area contributed by atoms with Gasteiger partial charge in [0.1, 0.15) is 11.8 Å². The topological polar surface area (TPSA) is 48.7 Å². The minimum absolute atomic E-state index is 0.241. The van der Waals surface area contributed by atoms with Crippen molar-refractivity contribution in [3.8, 4) is 0 Å². The minimum Gasteiger partial charge on any atom is -0.464 e. The van der Waals surface area contributed by atoms with Gasteiger partial charge >= 0.3 is 0 Å². The zero-order valence-corrected chi connectivity index (χ0v) is 9.10. The third-order valence-electron chi connectivity index (χ3n) is 2.39. The van der Waals surface area contributed by atoms with Crippen molar-refractivity contribution in [2.45, 2.75) is 6.29 Å². The molecule has 0 saturated carbocycles. The van der Waals surface area contributed by atoms with Crippen LogP contribution < -0.4 is 0 Å². The molecule has 0 aliphatic rings. The fourth-order valence-corrected chi connectivity index (χ4v) is 1.61. The molecule has 0 fully saturated rings. The molecule has 4 heteroatoms. The largest absolute Gasteiger partial charge is 0.464 e. The Hall–Kier alpha value is -1.65. The van der Waals surface area contributed by atoms with Crippen LogP contribution in [0.25, 0.3) is 11.0 Å². The number of para-hydroxylation sites is 1. The molecule has 4 nitrogen and oxygen atoms in total. The van der Waals surface area contributed by atoms with Gasteiger partial charge in [-0.3, -0.25) is 4.79 Å². The van der Waals surface area contributed by atoms with Crippen molar-refractivity contribution in [3.05, 3.63) is 36.1 Å². The number of Topliss-reactive ketones (excluding diaryl/α,β-unsaturated/α-hetero) is 1. The maximum Gasteiger partial charge on any atom is 0.222 e. The zero-order chi connectivity index (χ0) is 11.5. The molecule has 2 aromatic rings. The van der Waals surface area contributed by atoms with E-state index in [9.17, 15) is 4.79 Å². The molecule has 0 aliphatic heterocycles. The van der Waals surface area contributed by atoms with Gasteiger partial charge in [-0.25, -0.2) is 0 Å². The van der Waals surface area contributed by atoms with Gasteiger partial charge in [0.2, 0.25) is 12.1 Å². The average molecular weight is 220 g/mol. The van der Waals surface area contributed by atoms with Gasteiger partial charge in [0.05, 0.1) is 5.56 Å². The third-order valence-corrected chi connectivity index (χ3v) is 2.39. The van der Waals surface area contributed by atoms with Crippen molar-refractivity contribution in [2.24, 2.45) is 0 Å². The molecule has 0 N–H and O–H groups in total. The highest BCUT2D eigenvalue weighted by molar-refractivity contribution is 6.08. The van der Waals surface area contributed by atoms with E-state index in [1.165, 1.54) is 20.5 Å². The summed E-state index contributed by atoms with van der Waals surface area (Å²) in [5.41, 5.74) is 1.15. The molecule has 0 bridgehead atoms. The fraction of sp³-hybridized carbons (Fsp3) is 0.250. The van der Waals surface area contributed by atoms with Crippen LogP contribution in [0.1, 0.15) is 10.4 Å². The van der Waals surface area contributed by atoms with Crippen LogP contribution in [0, 0.1) is 0 Å². The van der Waals surface area contributed by atoms with Crippen LogP contribution in [0.5, 0.6) is 0 Å². The second kappa shape index (κ2) is 4.47. The standard InChI is InChI=1S/C12H12O4/c1-14-12(15-2)11(13)9-7-16-10-6-4-3-5-8(9)10/h3-7,12H,1-2H3. The first-order valence-electron chi connectivity index (χ1n) is 4.84. The molecule has 1 heterocycles. The summed E-state index contributed by atoms with van der Waals surface area (Å²) < 4.78 is 15.1. The molecule has 1 aromatic carbocycles. The monoisotopic (exact) mass is 220 g/mol. The van der Waals surface area contributed by atoms with Crippen LogP contribution in [0.15, 0.2) is 34.9 Å². The number of benzene rings is 1. The Morgan fingerprint density at radius 2 is 1.94 bits per heavy atom. The Kier molecular flexibility index (Phi) is 3.03. The van der Waals surface area contributed by atoms with Crippen molar-refractivity contribution in [2.75, 3.05) is 14.2 Å². The van der Waals surface area contributed by atoms with Crippen LogP contribution in [0.2, 0.25) is 0 Å². The summed E-state index contributed by atoms with van der Waals surface area (Å²) in [7, 11) is 2.85. The number of ether oxygens (including phenoxy) is 2. The molecule has 0 spiro atoms. The number of fused-ring (bicyclic) bond motifs is 1. The fourth-order valence-electron chi connectivity index (χ4n) is 1.61. The molecule has 2 rings (SSSR count). The lowest BCUT2D eigenvalue weighted by molar-refractivity contribution is -0.0741. The van der Waals surface area contributed by atoms with Gasteiger partial charge < -0.3 is 13.9 Å². The molecule has 0 radical (unpaired) electrons. The molecular formula is C12H12O4. The van der Waals surface area contributed by atoms with Crippen molar-refractivity contribution >= 4 is 16.8 Å². The smallest absolute Gasteiger partial charge is 0.222 e. The number of hydrogen-bond acceptors (Lipinski definition) is 4. The highest BCUT2D eigenvalue weighted by atomic mass is 16.7. The molecule has 0 amide bonds. The summed E-state index contributed by atoms with van der Waals surface area (Å²) in [6.45, 7) is 0. The maximum absolute atomic E-state index is 12.0. The lowest BCUT2D eigenvalue weighted by atomic mass is 10.1. The number of methoxy groups -OCH3 is 2. The highest BCUT2D eigenvalue weighted by Gasteiger charge is 2.22. The van der Waals surface area contributed by atoms with E-state index in [-0.39, 0.29) is 5.78 Å². The number of hydrogen-bond donors (Lipinski definition) is 0. The number of carbonyl (C=O) groups excluding carboxylic acids is 1. The highest BCUT2D eigenvalue weighted by Crippen LogP contribution is 2.22. The Morgan fingerprint density at radius 1 is 1.25 bits per heavy atom. The van der Waals surface area contributed by atoms with Crippen molar-refractivity contribution in [3.63, 3.8) is 0 Å². The molecule has 16 heavy (non-hydrogen) atoms. The number of ketones is 1. The van der Waals surface area contributed by atoms with Crippen LogP contribution in [0.3, 0.4) is 0 Å².